The maximum atomic E-state index is 13.8. The van der Waals surface area contributed by atoms with Gasteiger partial charge >= 0.3 is 12.2 Å². The molecule has 338 valence electrons. The molecule has 3 unspecified atom stereocenters. The summed E-state index contributed by atoms with van der Waals surface area (Å²) in [6.07, 6.45) is 5.05. The Hall–Kier alpha value is -7.10. The molecule has 3 aromatic carbocycles. The number of likely N-dealkylation sites (tertiary alicyclic amines) is 2. The summed E-state index contributed by atoms with van der Waals surface area (Å²) in [7, 11) is 2.58. The summed E-state index contributed by atoms with van der Waals surface area (Å²) in [4.78, 5) is 72.0. The van der Waals surface area contributed by atoms with E-state index < -0.39 is 30.5 Å². The van der Waals surface area contributed by atoms with Gasteiger partial charge in [0.25, 0.3) is 0 Å². The monoisotopic (exact) mass is 881 g/mol. The lowest BCUT2D eigenvalue weighted by Gasteiger charge is -2.30. The van der Waals surface area contributed by atoms with E-state index in [0.29, 0.717) is 24.7 Å². The van der Waals surface area contributed by atoms with E-state index in [2.05, 4.69) is 73.7 Å². The number of imidazole rings is 2. The van der Waals surface area contributed by atoms with Crippen molar-refractivity contribution in [2.24, 2.45) is 11.8 Å². The molecule has 3 aromatic heterocycles. The molecule has 0 aliphatic carbocycles. The number of nitrogens with zero attached hydrogens (tertiary/aromatic N) is 5. The third-order valence-corrected chi connectivity index (χ3v) is 13.0. The number of carbonyl (C=O) groups is 4. The summed E-state index contributed by atoms with van der Waals surface area (Å²) in [6, 6.07) is 22.9. The van der Waals surface area contributed by atoms with Crippen molar-refractivity contribution in [3.63, 3.8) is 0 Å². The van der Waals surface area contributed by atoms with Crippen LogP contribution in [0.2, 0.25) is 0 Å². The van der Waals surface area contributed by atoms with Crippen molar-refractivity contribution in [1.29, 1.82) is 0 Å². The molecule has 2 saturated heterocycles. The molecule has 4 N–H and O–H groups in total. The van der Waals surface area contributed by atoms with Crippen molar-refractivity contribution in [3.05, 3.63) is 102 Å². The second-order valence-corrected chi connectivity index (χ2v) is 17.7. The van der Waals surface area contributed by atoms with Crippen LogP contribution >= 0.6 is 0 Å². The zero-order chi connectivity index (χ0) is 45.5. The van der Waals surface area contributed by atoms with Gasteiger partial charge in [-0.2, -0.15) is 0 Å². The first kappa shape index (κ1) is 43.2. The summed E-state index contributed by atoms with van der Waals surface area (Å²) in [5.74, 6) is 1.55. The van der Waals surface area contributed by atoms with E-state index >= 15 is 0 Å². The standard InChI is InChI=1S/C49H55N9O7/c1-27(2)41(54-48(61)63-5)45(59)56-20-10-14-37(56)43-50-25-34(52-43)30-17-19-36-32(22-30)23-39-33-18-16-31(24-40(33)65-47(58(36)39)29-12-8-7-9-13-29)35-26-51-44(53-35)38-15-11-21-57(38)46(60)42(28(3)4)55-49(62)64-6/h7-9,12-13,16-19,22-28,37-38,41-42,47H,10-11,14-15,20-21H2,1-6H3,(H,50,52)(H,51,53)(H,54,61)(H,55,62)/t37?,38-,41?,42?,47-/m0/s1. The SMILES string of the molecule is COC(=O)NC(C(=O)N1CCCC1c1ncc(-c2ccc3c(c2)cc2n3[C@H](c3ccccc3)Oc3cc(-c4cnc([C@@H]5CCCN5C(=O)C(NC(=O)OC)C(C)C)[nH]4)ccc3-2)[nH]1)C(C)C. The summed E-state index contributed by atoms with van der Waals surface area (Å²) < 4.78 is 18.8. The molecule has 0 spiro atoms. The third kappa shape index (κ3) is 8.17. The van der Waals surface area contributed by atoms with E-state index in [4.69, 9.17) is 24.2 Å². The van der Waals surface area contributed by atoms with Crippen LogP contribution in [0.3, 0.4) is 0 Å². The van der Waals surface area contributed by atoms with Gasteiger partial charge < -0.3 is 49.2 Å². The normalized spacial score (nSPS) is 18.9. The van der Waals surface area contributed by atoms with Crippen LogP contribution in [-0.2, 0) is 19.1 Å². The number of hydrogen-bond acceptors (Lipinski definition) is 9. The van der Waals surface area contributed by atoms with E-state index in [1.165, 1.54) is 14.2 Å². The molecule has 2 fully saturated rings. The number of aromatic nitrogens is 5. The lowest BCUT2D eigenvalue weighted by atomic mass is 10.0. The van der Waals surface area contributed by atoms with Crippen molar-refractivity contribution >= 4 is 34.9 Å². The first-order valence-electron chi connectivity index (χ1n) is 22.4. The number of H-pyrrole nitrogens is 2. The van der Waals surface area contributed by atoms with Crippen LogP contribution in [0.1, 0.15) is 88.9 Å². The number of hydrogen-bond donors (Lipinski definition) is 4. The molecule has 4 amide bonds. The predicted molar refractivity (Wildman–Crippen MR) is 243 cm³/mol. The number of fused-ring (bicyclic) bond motifs is 5. The molecule has 6 heterocycles. The van der Waals surface area contributed by atoms with Crippen molar-refractivity contribution in [2.75, 3.05) is 27.3 Å². The molecule has 16 heteroatoms. The van der Waals surface area contributed by atoms with Crippen molar-refractivity contribution in [2.45, 2.75) is 83.8 Å². The Kier molecular flexibility index (Phi) is 11.8. The number of ether oxygens (including phenoxy) is 3. The van der Waals surface area contributed by atoms with Gasteiger partial charge in [-0.1, -0.05) is 70.2 Å². The lowest BCUT2D eigenvalue weighted by molar-refractivity contribution is -0.136. The van der Waals surface area contributed by atoms with E-state index in [0.717, 1.165) is 81.7 Å². The molecule has 5 atom stereocenters. The minimum absolute atomic E-state index is 0.128. The highest BCUT2D eigenvalue weighted by atomic mass is 16.5. The van der Waals surface area contributed by atoms with Gasteiger partial charge in [0.05, 0.1) is 61.3 Å². The van der Waals surface area contributed by atoms with Gasteiger partial charge in [0.2, 0.25) is 18.0 Å². The number of amides is 4. The Balaban J connectivity index is 1.00. The number of alkyl carbamates (subject to hydrolysis) is 2. The third-order valence-electron chi connectivity index (χ3n) is 13.0. The second-order valence-electron chi connectivity index (χ2n) is 17.7. The van der Waals surface area contributed by atoms with Gasteiger partial charge in [-0.25, -0.2) is 19.6 Å². The molecular weight excluding hydrogens is 827 g/mol. The minimum atomic E-state index is -0.720. The molecule has 16 nitrogen and oxygen atoms in total. The largest absolute Gasteiger partial charge is 0.465 e. The maximum Gasteiger partial charge on any atom is 0.407 e. The van der Waals surface area contributed by atoms with E-state index in [-0.39, 0.29) is 35.7 Å². The number of carbonyl (C=O) groups excluding carboxylic acids is 4. The van der Waals surface area contributed by atoms with Crippen LogP contribution in [-0.4, -0.2) is 97.7 Å². The van der Waals surface area contributed by atoms with E-state index in [1.54, 1.807) is 6.20 Å². The van der Waals surface area contributed by atoms with Gasteiger partial charge in [-0.15, -0.1) is 0 Å². The fraction of sp³-hybridized carbons (Fsp3) is 0.388. The van der Waals surface area contributed by atoms with Crippen LogP contribution in [0.15, 0.2) is 85.2 Å². The molecule has 65 heavy (non-hydrogen) atoms. The second kappa shape index (κ2) is 17.8. The van der Waals surface area contributed by atoms with E-state index in [9.17, 15) is 19.2 Å². The van der Waals surface area contributed by atoms with E-state index in [1.807, 2.05) is 68.0 Å². The summed E-state index contributed by atoms with van der Waals surface area (Å²) >= 11 is 0. The molecule has 0 saturated carbocycles. The van der Waals surface area contributed by atoms with Gasteiger partial charge in [0, 0.05) is 40.7 Å². The first-order chi connectivity index (χ1) is 31.4. The van der Waals surface area contributed by atoms with Gasteiger partial charge in [0.15, 0.2) is 0 Å². The minimum Gasteiger partial charge on any atom is -0.465 e. The number of aromatic amines is 2. The number of nitrogens with one attached hydrogen (secondary N) is 4. The van der Waals surface area contributed by atoms with Crippen LogP contribution in [0, 0.1) is 11.8 Å². The molecule has 3 aliphatic heterocycles. The molecule has 0 radical (unpaired) electrons. The highest BCUT2D eigenvalue weighted by molar-refractivity contribution is 5.93. The Morgan fingerprint density at radius 2 is 1.25 bits per heavy atom. The highest BCUT2D eigenvalue weighted by Crippen LogP contribution is 2.46. The van der Waals surface area contributed by atoms with Crippen molar-refractivity contribution < 1.29 is 33.4 Å². The van der Waals surface area contributed by atoms with Gasteiger partial charge in [-0.3, -0.25) is 9.59 Å². The zero-order valence-electron chi connectivity index (χ0n) is 37.5. The number of methoxy groups -OCH3 is 2. The topological polar surface area (TPSA) is 189 Å². The maximum absolute atomic E-state index is 13.8. The quantitative estimate of drug-likeness (QED) is 0.0997. The number of rotatable bonds is 11. The Bertz CT molecular complexity index is 2740. The predicted octanol–water partition coefficient (Wildman–Crippen LogP) is 8.12. The van der Waals surface area contributed by atoms with Crippen molar-refractivity contribution in [1.82, 2.24) is 44.9 Å². The summed E-state index contributed by atoms with van der Waals surface area (Å²) in [5, 5.41) is 6.46. The molecule has 9 rings (SSSR count). The van der Waals surface area contributed by atoms with Crippen LogP contribution in [0.5, 0.6) is 5.75 Å². The van der Waals surface area contributed by atoms with Gasteiger partial charge in [-0.05, 0) is 67.9 Å². The Labute approximate surface area is 377 Å². The molecule has 6 aromatic rings. The Morgan fingerprint density at radius 1 is 0.708 bits per heavy atom. The van der Waals surface area contributed by atoms with Crippen LogP contribution in [0.4, 0.5) is 9.59 Å². The molecule has 3 aliphatic rings. The molecule has 0 bridgehead atoms. The van der Waals surface area contributed by atoms with Crippen LogP contribution in [0.25, 0.3) is 44.7 Å². The fourth-order valence-electron chi connectivity index (χ4n) is 9.56. The van der Waals surface area contributed by atoms with Crippen molar-refractivity contribution in [3.8, 4) is 39.5 Å². The molecular formula is C49H55N9O7. The summed E-state index contributed by atoms with van der Waals surface area (Å²) in [6.45, 7) is 8.75. The average Bonchev–Trinajstić information content (AvgIpc) is 4.18. The van der Waals surface area contributed by atoms with Crippen LogP contribution < -0.4 is 15.4 Å². The lowest BCUT2D eigenvalue weighted by Crippen LogP contribution is -2.51. The van der Waals surface area contributed by atoms with Gasteiger partial charge in [0.1, 0.15) is 29.5 Å². The average molecular weight is 882 g/mol. The first-order valence-corrected chi connectivity index (χ1v) is 22.4. The zero-order valence-corrected chi connectivity index (χ0v) is 37.5. The summed E-state index contributed by atoms with van der Waals surface area (Å²) in [5.41, 5.74) is 7.43. The fourth-order valence-corrected chi connectivity index (χ4v) is 9.56. The Morgan fingerprint density at radius 3 is 1.78 bits per heavy atom. The highest BCUT2D eigenvalue weighted by Gasteiger charge is 2.39. The smallest absolute Gasteiger partial charge is 0.407 e. The number of benzene rings is 3.